The standard InChI is InChI=1S/C20H28N4O2S2/c1-22(2)28(25,26)17-10-7-9-16(15-17)21-20(27)24-14-6-4-5-11-19(24)18-12-8-13-23(18)3/h7-10,12-13,15,19H,4-6,11,14H2,1-3H3,(H,21,27)/t19-/m0/s1. The lowest BCUT2D eigenvalue weighted by atomic mass is 10.1. The predicted molar refractivity (Wildman–Crippen MR) is 117 cm³/mol. The molecule has 0 bridgehead atoms. The Bertz CT molecular complexity index is 937. The van der Waals surface area contributed by atoms with Gasteiger partial charge in [-0.15, -0.1) is 0 Å². The molecule has 1 aromatic carbocycles. The van der Waals surface area contributed by atoms with Crippen LogP contribution in [0.2, 0.25) is 0 Å². The molecule has 1 aromatic heterocycles. The molecule has 1 fully saturated rings. The fraction of sp³-hybridized carbons (Fsp3) is 0.450. The number of nitrogens with zero attached hydrogens (tertiary/aromatic N) is 3. The van der Waals surface area contributed by atoms with Gasteiger partial charge in [-0.25, -0.2) is 12.7 Å². The Morgan fingerprint density at radius 3 is 2.64 bits per heavy atom. The van der Waals surface area contributed by atoms with Gasteiger partial charge in [-0.2, -0.15) is 0 Å². The van der Waals surface area contributed by atoms with Gasteiger partial charge in [-0.05, 0) is 55.4 Å². The molecule has 2 aromatic rings. The summed E-state index contributed by atoms with van der Waals surface area (Å²) in [7, 11) is 1.63. The molecular weight excluding hydrogens is 392 g/mol. The Kier molecular flexibility index (Phi) is 6.42. The SMILES string of the molecule is CN(C)S(=O)(=O)c1cccc(NC(=S)N2CCCCC[C@H]2c2cccn2C)c1. The van der Waals surface area contributed by atoms with Crippen LogP contribution < -0.4 is 5.32 Å². The van der Waals surface area contributed by atoms with Gasteiger partial charge in [0.05, 0.1) is 10.9 Å². The van der Waals surface area contributed by atoms with Gasteiger partial charge in [0, 0.05) is 45.3 Å². The number of sulfonamides is 1. The first-order chi connectivity index (χ1) is 13.3. The van der Waals surface area contributed by atoms with Crippen LogP contribution in [0.15, 0.2) is 47.5 Å². The highest BCUT2D eigenvalue weighted by Crippen LogP contribution is 2.31. The van der Waals surface area contributed by atoms with E-state index in [0.717, 1.165) is 19.4 Å². The smallest absolute Gasteiger partial charge is 0.242 e. The largest absolute Gasteiger partial charge is 0.353 e. The van der Waals surface area contributed by atoms with E-state index in [9.17, 15) is 8.42 Å². The molecule has 2 heterocycles. The van der Waals surface area contributed by atoms with Gasteiger partial charge >= 0.3 is 0 Å². The number of hydrogen-bond acceptors (Lipinski definition) is 3. The Morgan fingerprint density at radius 1 is 1.18 bits per heavy atom. The summed E-state index contributed by atoms with van der Waals surface area (Å²) < 4.78 is 28.2. The summed E-state index contributed by atoms with van der Waals surface area (Å²) in [4.78, 5) is 2.49. The Balaban J connectivity index is 1.84. The third-order valence-electron chi connectivity index (χ3n) is 5.20. The molecule has 28 heavy (non-hydrogen) atoms. The highest BCUT2D eigenvalue weighted by Gasteiger charge is 2.26. The van der Waals surface area contributed by atoms with Crippen LogP contribution in [0.4, 0.5) is 5.69 Å². The number of hydrogen-bond donors (Lipinski definition) is 1. The highest BCUT2D eigenvalue weighted by molar-refractivity contribution is 7.89. The molecular formula is C20H28N4O2S2. The van der Waals surface area contributed by atoms with E-state index in [1.165, 1.54) is 36.9 Å². The van der Waals surface area contributed by atoms with Crippen LogP contribution in [0.3, 0.4) is 0 Å². The zero-order chi connectivity index (χ0) is 20.3. The van der Waals surface area contributed by atoms with Crippen molar-refractivity contribution in [3.63, 3.8) is 0 Å². The molecule has 152 valence electrons. The molecule has 1 aliphatic rings. The molecule has 3 rings (SSSR count). The minimum absolute atomic E-state index is 0.219. The number of aromatic nitrogens is 1. The van der Waals surface area contributed by atoms with Crippen molar-refractivity contribution in [3.05, 3.63) is 48.3 Å². The quantitative estimate of drug-likeness (QED) is 0.766. The Hall–Kier alpha value is -1.90. The number of likely N-dealkylation sites (tertiary alicyclic amines) is 1. The second-order valence-corrected chi connectivity index (χ2v) is 9.89. The fourth-order valence-electron chi connectivity index (χ4n) is 3.62. The fourth-order valence-corrected chi connectivity index (χ4v) is 4.90. The van der Waals surface area contributed by atoms with E-state index < -0.39 is 10.0 Å². The van der Waals surface area contributed by atoms with Crippen molar-refractivity contribution >= 4 is 33.0 Å². The predicted octanol–water partition coefficient (Wildman–Crippen LogP) is 3.59. The molecule has 0 spiro atoms. The first kappa shape index (κ1) is 20.8. The second-order valence-electron chi connectivity index (χ2n) is 7.35. The van der Waals surface area contributed by atoms with Crippen LogP contribution in [0, 0.1) is 0 Å². The molecule has 1 saturated heterocycles. The first-order valence-electron chi connectivity index (χ1n) is 9.52. The third kappa shape index (κ3) is 4.39. The average Bonchev–Trinajstić information content (AvgIpc) is 2.93. The van der Waals surface area contributed by atoms with Gasteiger partial charge in [0.2, 0.25) is 10.0 Å². The van der Waals surface area contributed by atoms with Crippen LogP contribution in [0.1, 0.15) is 37.4 Å². The van der Waals surface area contributed by atoms with Gasteiger partial charge in [-0.1, -0.05) is 18.9 Å². The monoisotopic (exact) mass is 420 g/mol. The molecule has 0 amide bonds. The van der Waals surface area contributed by atoms with Gasteiger partial charge in [0.25, 0.3) is 0 Å². The van der Waals surface area contributed by atoms with Crippen LogP contribution in [-0.4, -0.2) is 47.9 Å². The summed E-state index contributed by atoms with van der Waals surface area (Å²) in [6, 6.07) is 11.2. The van der Waals surface area contributed by atoms with Crippen molar-refractivity contribution in [1.29, 1.82) is 0 Å². The maximum Gasteiger partial charge on any atom is 0.242 e. The zero-order valence-electron chi connectivity index (χ0n) is 16.6. The summed E-state index contributed by atoms with van der Waals surface area (Å²) in [6.07, 6.45) is 6.57. The first-order valence-corrected chi connectivity index (χ1v) is 11.4. The average molecular weight is 421 g/mol. The molecule has 6 nitrogen and oxygen atoms in total. The number of anilines is 1. The van der Waals surface area contributed by atoms with Crippen molar-refractivity contribution in [2.45, 2.75) is 36.6 Å². The van der Waals surface area contributed by atoms with Gasteiger partial charge in [0.15, 0.2) is 5.11 Å². The number of aryl methyl sites for hydroxylation is 1. The molecule has 0 aliphatic carbocycles. The lowest BCUT2D eigenvalue weighted by Crippen LogP contribution is -2.38. The normalized spacial score (nSPS) is 18.1. The van der Waals surface area contributed by atoms with Crippen molar-refractivity contribution in [2.75, 3.05) is 26.0 Å². The van der Waals surface area contributed by atoms with E-state index in [-0.39, 0.29) is 10.9 Å². The summed E-state index contributed by atoms with van der Waals surface area (Å²) in [6.45, 7) is 0.886. The molecule has 1 N–H and O–H groups in total. The van der Waals surface area contributed by atoms with E-state index in [4.69, 9.17) is 12.2 Å². The van der Waals surface area contributed by atoms with E-state index in [0.29, 0.717) is 10.8 Å². The molecule has 1 aliphatic heterocycles. The minimum Gasteiger partial charge on any atom is -0.353 e. The van der Waals surface area contributed by atoms with E-state index >= 15 is 0 Å². The summed E-state index contributed by atoms with van der Waals surface area (Å²) in [5.74, 6) is 0. The van der Waals surface area contributed by atoms with E-state index in [1.54, 1.807) is 18.2 Å². The highest BCUT2D eigenvalue weighted by atomic mass is 32.2. The lowest BCUT2D eigenvalue weighted by molar-refractivity contribution is 0.315. The number of rotatable bonds is 4. The van der Waals surface area contributed by atoms with Crippen LogP contribution in [0.5, 0.6) is 0 Å². The van der Waals surface area contributed by atoms with E-state index in [2.05, 4.69) is 40.2 Å². The molecule has 1 atom stereocenters. The molecule has 8 heteroatoms. The third-order valence-corrected chi connectivity index (χ3v) is 7.35. The second kappa shape index (κ2) is 8.63. The number of nitrogens with one attached hydrogen (secondary N) is 1. The Morgan fingerprint density at radius 2 is 1.96 bits per heavy atom. The van der Waals surface area contributed by atoms with Crippen LogP contribution in [0.25, 0.3) is 0 Å². The minimum atomic E-state index is -3.48. The molecule has 0 unspecified atom stereocenters. The number of thiocarbonyl (C=S) groups is 1. The Labute approximate surface area is 173 Å². The zero-order valence-corrected chi connectivity index (χ0v) is 18.3. The van der Waals surface area contributed by atoms with E-state index in [1.807, 2.05) is 6.07 Å². The van der Waals surface area contributed by atoms with Crippen molar-refractivity contribution in [1.82, 2.24) is 13.8 Å². The number of benzene rings is 1. The maximum atomic E-state index is 12.4. The topological polar surface area (TPSA) is 57.6 Å². The van der Waals surface area contributed by atoms with Crippen LogP contribution >= 0.6 is 12.2 Å². The molecule has 0 radical (unpaired) electrons. The van der Waals surface area contributed by atoms with Gasteiger partial charge in [-0.3, -0.25) is 0 Å². The van der Waals surface area contributed by atoms with Gasteiger partial charge < -0.3 is 14.8 Å². The summed E-state index contributed by atoms with van der Waals surface area (Å²) in [5.41, 5.74) is 1.93. The molecule has 0 saturated carbocycles. The van der Waals surface area contributed by atoms with Crippen LogP contribution in [-0.2, 0) is 17.1 Å². The van der Waals surface area contributed by atoms with Crippen molar-refractivity contribution in [2.24, 2.45) is 7.05 Å². The van der Waals surface area contributed by atoms with Crippen molar-refractivity contribution in [3.8, 4) is 0 Å². The van der Waals surface area contributed by atoms with Gasteiger partial charge in [0.1, 0.15) is 0 Å². The summed E-state index contributed by atoms with van der Waals surface area (Å²) in [5, 5.41) is 3.90. The maximum absolute atomic E-state index is 12.4. The lowest BCUT2D eigenvalue weighted by Gasteiger charge is -2.33. The summed E-state index contributed by atoms with van der Waals surface area (Å²) >= 11 is 5.74. The van der Waals surface area contributed by atoms with Crippen molar-refractivity contribution < 1.29 is 8.42 Å².